The number of rotatable bonds is 1. The standard InChI is InChI=1S/C11H7BrClNO3/c12-4-1-5-8(7(13)2-4)14-10(17)11(5)3-6(11)9(15)16/h1-2,6H,3H2,(H,14,17)(H,15,16). The minimum atomic E-state index is -0.941. The number of fused-ring (bicyclic) bond motifs is 2. The van der Waals surface area contributed by atoms with Gasteiger partial charge in [0.1, 0.15) is 0 Å². The van der Waals surface area contributed by atoms with Gasteiger partial charge in [-0.15, -0.1) is 0 Å². The van der Waals surface area contributed by atoms with Gasteiger partial charge in [-0.25, -0.2) is 0 Å². The first-order valence-electron chi connectivity index (χ1n) is 5.00. The molecule has 1 fully saturated rings. The van der Waals surface area contributed by atoms with Gasteiger partial charge < -0.3 is 10.4 Å². The highest BCUT2D eigenvalue weighted by atomic mass is 79.9. The van der Waals surface area contributed by atoms with Gasteiger partial charge in [0, 0.05) is 4.47 Å². The van der Waals surface area contributed by atoms with Crippen molar-refractivity contribution in [1.29, 1.82) is 0 Å². The first-order chi connectivity index (χ1) is 7.96. The molecule has 4 nitrogen and oxygen atoms in total. The number of hydrogen-bond acceptors (Lipinski definition) is 2. The lowest BCUT2D eigenvalue weighted by Crippen LogP contribution is -2.24. The van der Waals surface area contributed by atoms with Crippen LogP contribution in [-0.2, 0) is 15.0 Å². The van der Waals surface area contributed by atoms with Crippen LogP contribution < -0.4 is 5.32 Å². The number of nitrogens with one attached hydrogen (secondary N) is 1. The number of halogens is 2. The number of carboxylic acids is 1. The Balaban J connectivity index is 2.19. The second-order valence-corrected chi connectivity index (χ2v) is 5.65. The third kappa shape index (κ3) is 1.29. The van der Waals surface area contributed by atoms with E-state index >= 15 is 0 Å². The molecule has 1 spiro atoms. The van der Waals surface area contributed by atoms with E-state index in [1.54, 1.807) is 12.1 Å². The van der Waals surface area contributed by atoms with Crippen LogP contribution in [0.3, 0.4) is 0 Å². The molecule has 3 rings (SSSR count). The highest BCUT2D eigenvalue weighted by Crippen LogP contribution is 2.61. The van der Waals surface area contributed by atoms with Gasteiger partial charge in [0.05, 0.1) is 22.0 Å². The van der Waals surface area contributed by atoms with Crippen molar-refractivity contribution < 1.29 is 14.7 Å². The topological polar surface area (TPSA) is 66.4 Å². The predicted octanol–water partition coefficient (Wildman–Crippen LogP) is 2.40. The van der Waals surface area contributed by atoms with E-state index in [2.05, 4.69) is 21.2 Å². The molecule has 2 atom stereocenters. The molecule has 88 valence electrons. The zero-order chi connectivity index (χ0) is 12.4. The Labute approximate surface area is 110 Å². The molecule has 0 saturated heterocycles. The van der Waals surface area contributed by atoms with E-state index in [0.29, 0.717) is 22.7 Å². The summed E-state index contributed by atoms with van der Waals surface area (Å²) in [5.41, 5.74) is 0.326. The Morgan fingerprint density at radius 3 is 2.88 bits per heavy atom. The third-order valence-corrected chi connectivity index (χ3v) is 4.19. The summed E-state index contributed by atoms with van der Waals surface area (Å²) in [5.74, 6) is -1.85. The number of anilines is 1. The van der Waals surface area contributed by atoms with E-state index in [-0.39, 0.29) is 5.91 Å². The molecule has 1 aliphatic carbocycles. The zero-order valence-electron chi connectivity index (χ0n) is 8.46. The summed E-state index contributed by atoms with van der Waals surface area (Å²) in [6, 6.07) is 3.44. The molecule has 2 N–H and O–H groups in total. The Morgan fingerprint density at radius 1 is 1.59 bits per heavy atom. The van der Waals surface area contributed by atoms with E-state index in [1.807, 2.05) is 0 Å². The van der Waals surface area contributed by atoms with Crippen LogP contribution in [0, 0.1) is 5.92 Å². The number of aliphatic carboxylic acids is 1. The van der Waals surface area contributed by atoms with Crippen molar-refractivity contribution in [2.75, 3.05) is 5.32 Å². The molecule has 2 unspecified atom stereocenters. The van der Waals surface area contributed by atoms with Gasteiger partial charge in [-0.2, -0.15) is 0 Å². The van der Waals surface area contributed by atoms with E-state index in [0.717, 1.165) is 4.47 Å². The fraction of sp³-hybridized carbons (Fsp3) is 0.273. The summed E-state index contributed by atoms with van der Waals surface area (Å²) >= 11 is 9.33. The minimum absolute atomic E-state index is 0.264. The second-order valence-electron chi connectivity index (χ2n) is 4.33. The number of amides is 1. The lowest BCUT2D eigenvalue weighted by molar-refractivity contribution is -0.140. The lowest BCUT2D eigenvalue weighted by atomic mass is 9.95. The molecule has 1 amide bonds. The van der Waals surface area contributed by atoms with Gasteiger partial charge >= 0.3 is 5.97 Å². The Morgan fingerprint density at radius 2 is 2.29 bits per heavy atom. The highest BCUT2D eigenvalue weighted by molar-refractivity contribution is 9.10. The van der Waals surface area contributed by atoms with Crippen LogP contribution in [-0.4, -0.2) is 17.0 Å². The monoisotopic (exact) mass is 315 g/mol. The van der Waals surface area contributed by atoms with Crippen molar-refractivity contribution in [3.05, 3.63) is 27.2 Å². The summed E-state index contributed by atoms with van der Waals surface area (Å²) in [7, 11) is 0. The molecule has 2 aliphatic rings. The van der Waals surface area contributed by atoms with Crippen molar-refractivity contribution in [2.45, 2.75) is 11.8 Å². The van der Waals surface area contributed by atoms with Gasteiger partial charge in [0.15, 0.2) is 0 Å². The summed E-state index contributed by atoms with van der Waals surface area (Å²) in [4.78, 5) is 23.0. The van der Waals surface area contributed by atoms with E-state index in [9.17, 15) is 9.59 Å². The maximum absolute atomic E-state index is 11.9. The van der Waals surface area contributed by atoms with Crippen molar-refractivity contribution in [1.82, 2.24) is 0 Å². The van der Waals surface area contributed by atoms with E-state index in [1.165, 1.54) is 0 Å². The van der Waals surface area contributed by atoms with Crippen LogP contribution in [0.15, 0.2) is 16.6 Å². The lowest BCUT2D eigenvalue weighted by Gasteiger charge is -2.07. The predicted molar refractivity (Wildman–Crippen MR) is 65.2 cm³/mol. The average Bonchev–Trinajstić information content (AvgIpc) is 2.91. The molecule has 1 heterocycles. The first kappa shape index (κ1) is 11.0. The molecule has 0 bridgehead atoms. The third-order valence-electron chi connectivity index (χ3n) is 3.44. The van der Waals surface area contributed by atoms with Crippen LogP contribution in [0.4, 0.5) is 5.69 Å². The summed E-state index contributed by atoms with van der Waals surface area (Å²) in [6.45, 7) is 0. The van der Waals surface area contributed by atoms with Gasteiger partial charge in [-0.3, -0.25) is 9.59 Å². The van der Waals surface area contributed by atoms with Crippen LogP contribution >= 0.6 is 27.5 Å². The van der Waals surface area contributed by atoms with Crippen LogP contribution in [0.25, 0.3) is 0 Å². The number of carbonyl (C=O) groups is 2. The summed E-state index contributed by atoms with van der Waals surface area (Å²) in [5, 5.41) is 12.1. The average molecular weight is 317 g/mol. The SMILES string of the molecule is O=C(O)C1CC12C(=O)Nc1c(Cl)cc(Br)cc12. The van der Waals surface area contributed by atoms with Crippen molar-refractivity contribution in [3.63, 3.8) is 0 Å². The number of carbonyl (C=O) groups excluding carboxylic acids is 1. The summed E-state index contributed by atoms with van der Waals surface area (Å²) in [6.07, 6.45) is 0.341. The Kier molecular flexibility index (Phi) is 2.10. The fourth-order valence-corrected chi connectivity index (χ4v) is 3.37. The number of benzene rings is 1. The number of carboxylic acid groups (broad SMARTS) is 1. The maximum Gasteiger partial charge on any atom is 0.307 e. The fourth-order valence-electron chi connectivity index (χ4n) is 2.51. The first-order valence-corrected chi connectivity index (χ1v) is 6.17. The molecular formula is C11H7BrClNO3. The Bertz CT molecular complexity index is 574. The normalized spacial score (nSPS) is 29.1. The quantitative estimate of drug-likeness (QED) is 0.836. The van der Waals surface area contributed by atoms with Crippen LogP contribution in [0.5, 0.6) is 0 Å². The minimum Gasteiger partial charge on any atom is -0.481 e. The van der Waals surface area contributed by atoms with Gasteiger partial charge in [0.25, 0.3) is 0 Å². The molecule has 6 heteroatoms. The second kappa shape index (κ2) is 3.23. The van der Waals surface area contributed by atoms with Crippen molar-refractivity contribution >= 4 is 45.1 Å². The van der Waals surface area contributed by atoms with E-state index in [4.69, 9.17) is 16.7 Å². The largest absolute Gasteiger partial charge is 0.481 e. The van der Waals surface area contributed by atoms with Gasteiger partial charge in [0.2, 0.25) is 5.91 Å². The molecule has 1 saturated carbocycles. The number of hydrogen-bond donors (Lipinski definition) is 2. The Hall–Kier alpha value is -1.07. The maximum atomic E-state index is 11.9. The van der Waals surface area contributed by atoms with Gasteiger partial charge in [-0.05, 0) is 24.1 Å². The smallest absolute Gasteiger partial charge is 0.307 e. The highest BCUT2D eigenvalue weighted by Gasteiger charge is 2.68. The van der Waals surface area contributed by atoms with Crippen LogP contribution in [0.1, 0.15) is 12.0 Å². The molecule has 1 aromatic rings. The molecule has 0 radical (unpaired) electrons. The molecule has 17 heavy (non-hydrogen) atoms. The van der Waals surface area contributed by atoms with Gasteiger partial charge in [-0.1, -0.05) is 27.5 Å². The molecule has 1 aromatic carbocycles. The van der Waals surface area contributed by atoms with Crippen LogP contribution in [0.2, 0.25) is 5.02 Å². The molecule has 1 aliphatic heterocycles. The zero-order valence-corrected chi connectivity index (χ0v) is 10.8. The van der Waals surface area contributed by atoms with Crippen molar-refractivity contribution in [3.8, 4) is 0 Å². The van der Waals surface area contributed by atoms with E-state index < -0.39 is 17.3 Å². The summed E-state index contributed by atoms with van der Waals surface area (Å²) < 4.78 is 0.744. The molecular weight excluding hydrogens is 309 g/mol. The van der Waals surface area contributed by atoms with Crippen molar-refractivity contribution in [2.24, 2.45) is 5.92 Å². The molecule has 0 aromatic heterocycles.